The molecule has 8 nitrogen and oxygen atoms in total. The number of rotatable bonds is 7. The molecule has 0 saturated carbocycles. The summed E-state index contributed by atoms with van der Waals surface area (Å²) >= 11 is 0. The molecule has 2 aliphatic rings. The standard InChI is InChI=1S/C26H29F3N4O4S.2ClH/c1-32(2)15-18-11-19(23-20(13-30-25(23)34)24(18)37-38(35,36)26(27,28)29)22-12-17-10-16(6-7-21(17)31-22)14-33-8-4-3-5-9-33;;/h6-7,10-12,31H,3-5,8-9,13-15H2,1-2H3,(H,30,34);2*1H. The zero-order valence-electron chi connectivity index (χ0n) is 21.9. The summed E-state index contributed by atoms with van der Waals surface area (Å²) in [7, 11) is -2.53. The van der Waals surface area contributed by atoms with Crippen LogP contribution in [-0.4, -0.2) is 61.8 Å². The van der Waals surface area contributed by atoms with Gasteiger partial charge in [0.25, 0.3) is 5.91 Å². The first-order valence-electron chi connectivity index (χ1n) is 12.4. The molecule has 220 valence electrons. The molecule has 1 amide bonds. The third-order valence-corrected chi connectivity index (χ3v) is 7.85. The Kier molecular flexibility index (Phi) is 9.73. The predicted octanol–water partition coefficient (Wildman–Crippen LogP) is 5.20. The highest BCUT2D eigenvalue weighted by molar-refractivity contribution is 7.88. The van der Waals surface area contributed by atoms with Crippen LogP contribution in [0, 0.1) is 0 Å². The van der Waals surface area contributed by atoms with Crippen molar-refractivity contribution in [3.8, 4) is 17.0 Å². The van der Waals surface area contributed by atoms with Crippen LogP contribution in [0.1, 0.15) is 46.3 Å². The van der Waals surface area contributed by atoms with Gasteiger partial charge in [0.1, 0.15) is 0 Å². The van der Waals surface area contributed by atoms with E-state index in [1.54, 1.807) is 19.0 Å². The number of benzene rings is 2. The quantitative estimate of drug-likeness (QED) is 0.278. The van der Waals surface area contributed by atoms with E-state index >= 15 is 0 Å². The highest BCUT2D eigenvalue weighted by Crippen LogP contribution is 2.41. The highest BCUT2D eigenvalue weighted by Gasteiger charge is 2.49. The van der Waals surface area contributed by atoms with Gasteiger partial charge < -0.3 is 19.4 Å². The van der Waals surface area contributed by atoms with Crippen LogP contribution in [-0.2, 0) is 29.8 Å². The van der Waals surface area contributed by atoms with Crippen molar-refractivity contribution in [2.24, 2.45) is 0 Å². The zero-order chi connectivity index (χ0) is 27.2. The van der Waals surface area contributed by atoms with Crippen molar-refractivity contribution in [2.45, 2.75) is 44.4 Å². The average molecular weight is 624 g/mol. The molecule has 0 aliphatic carbocycles. The van der Waals surface area contributed by atoms with Crippen molar-refractivity contribution in [2.75, 3.05) is 27.2 Å². The van der Waals surface area contributed by atoms with Crippen molar-refractivity contribution >= 4 is 51.7 Å². The summed E-state index contributed by atoms with van der Waals surface area (Å²) in [6.07, 6.45) is 3.66. The lowest BCUT2D eigenvalue weighted by atomic mass is 9.95. The third-order valence-electron chi connectivity index (χ3n) is 6.90. The lowest BCUT2D eigenvalue weighted by Gasteiger charge is -2.26. The van der Waals surface area contributed by atoms with Crippen molar-refractivity contribution in [1.29, 1.82) is 0 Å². The molecule has 0 unspecified atom stereocenters. The number of nitrogens with zero attached hydrogens (tertiary/aromatic N) is 2. The van der Waals surface area contributed by atoms with Gasteiger partial charge in [-0.3, -0.25) is 9.69 Å². The van der Waals surface area contributed by atoms with E-state index in [1.807, 2.05) is 12.1 Å². The van der Waals surface area contributed by atoms with Gasteiger partial charge in [0.15, 0.2) is 5.75 Å². The lowest BCUT2D eigenvalue weighted by Crippen LogP contribution is -2.29. The molecule has 1 aromatic heterocycles. The van der Waals surface area contributed by atoms with Crippen LogP contribution in [0.2, 0.25) is 0 Å². The molecular formula is C26H31Cl2F3N4O4S. The molecule has 0 bridgehead atoms. The van der Waals surface area contributed by atoms with Crippen LogP contribution >= 0.6 is 24.8 Å². The van der Waals surface area contributed by atoms with Crippen LogP contribution in [0.3, 0.4) is 0 Å². The second kappa shape index (κ2) is 12.2. The monoisotopic (exact) mass is 622 g/mol. The van der Waals surface area contributed by atoms with Crippen LogP contribution in [0.25, 0.3) is 22.2 Å². The normalized spacial score (nSPS) is 15.9. The summed E-state index contributed by atoms with van der Waals surface area (Å²) < 4.78 is 68.0. The molecule has 14 heteroatoms. The Hall–Kier alpha value is -2.51. The van der Waals surface area contributed by atoms with Gasteiger partial charge in [-0.25, -0.2) is 0 Å². The first kappa shape index (κ1) is 32.0. The molecule has 0 radical (unpaired) electrons. The minimum Gasteiger partial charge on any atom is -0.375 e. The molecular weight excluding hydrogens is 592 g/mol. The minimum absolute atomic E-state index is 0. The smallest absolute Gasteiger partial charge is 0.375 e. The second-order valence-electron chi connectivity index (χ2n) is 10.1. The molecule has 0 atom stereocenters. The molecule has 1 saturated heterocycles. The Morgan fingerprint density at radius 3 is 2.40 bits per heavy atom. The molecule has 3 aromatic rings. The predicted molar refractivity (Wildman–Crippen MR) is 152 cm³/mol. The van der Waals surface area contributed by atoms with Gasteiger partial charge in [0.2, 0.25) is 0 Å². The number of nitrogens with one attached hydrogen (secondary N) is 2. The van der Waals surface area contributed by atoms with Crippen molar-refractivity contribution in [3.63, 3.8) is 0 Å². The van der Waals surface area contributed by atoms with Crippen LogP contribution in [0.4, 0.5) is 13.2 Å². The average Bonchev–Trinajstić information content (AvgIpc) is 3.43. The molecule has 0 spiro atoms. The number of hydrogen-bond acceptors (Lipinski definition) is 6. The van der Waals surface area contributed by atoms with Crippen LogP contribution in [0.5, 0.6) is 5.75 Å². The number of carbonyl (C=O) groups excluding carboxylic acids is 1. The summed E-state index contributed by atoms with van der Waals surface area (Å²) in [6.45, 7) is 2.94. The molecule has 2 aliphatic heterocycles. The maximum Gasteiger partial charge on any atom is 0.534 e. The molecule has 1 fully saturated rings. The fourth-order valence-corrected chi connectivity index (χ4v) is 5.72. The number of fused-ring (bicyclic) bond motifs is 2. The van der Waals surface area contributed by atoms with Gasteiger partial charge in [-0.1, -0.05) is 12.5 Å². The third kappa shape index (κ3) is 6.36. The summed E-state index contributed by atoms with van der Waals surface area (Å²) in [4.78, 5) is 20.3. The van der Waals surface area contributed by atoms with Gasteiger partial charge in [-0.05, 0) is 69.9 Å². The maximum atomic E-state index is 13.2. The van der Waals surface area contributed by atoms with Gasteiger partial charge >= 0.3 is 15.6 Å². The Labute approximate surface area is 243 Å². The summed E-state index contributed by atoms with van der Waals surface area (Å²) in [5.74, 6) is -0.974. The maximum absolute atomic E-state index is 13.2. The Balaban J connectivity index is 0.00000220. The highest BCUT2D eigenvalue weighted by atomic mass is 35.5. The number of carbonyl (C=O) groups is 1. The van der Waals surface area contributed by atoms with Crippen molar-refractivity contribution in [1.82, 2.24) is 20.1 Å². The second-order valence-corrected chi connectivity index (χ2v) is 11.6. The number of likely N-dealkylation sites (tertiary alicyclic amines) is 1. The molecule has 2 aromatic carbocycles. The number of hydrogen-bond donors (Lipinski definition) is 2. The first-order valence-corrected chi connectivity index (χ1v) is 13.8. The number of aromatic amines is 1. The number of amides is 1. The number of halogens is 5. The van der Waals surface area contributed by atoms with E-state index in [0.29, 0.717) is 11.3 Å². The fourth-order valence-electron chi connectivity index (χ4n) is 5.20. The van der Waals surface area contributed by atoms with E-state index in [4.69, 9.17) is 0 Å². The van der Waals surface area contributed by atoms with Gasteiger partial charge in [0, 0.05) is 52.9 Å². The Morgan fingerprint density at radius 1 is 1.05 bits per heavy atom. The number of H-pyrrole nitrogens is 1. The zero-order valence-corrected chi connectivity index (χ0v) is 24.4. The van der Waals surface area contributed by atoms with Crippen LogP contribution in [0.15, 0.2) is 30.3 Å². The largest absolute Gasteiger partial charge is 0.534 e. The van der Waals surface area contributed by atoms with Gasteiger partial charge in [-0.2, -0.15) is 21.6 Å². The van der Waals surface area contributed by atoms with Crippen LogP contribution < -0.4 is 9.50 Å². The molecule has 40 heavy (non-hydrogen) atoms. The van der Waals surface area contributed by atoms with E-state index in [2.05, 4.69) is 31.5 Å². The van der Waals surface area contributed by atoms with E-state index in [0.717, 1.165) is 30.5 Å². The summed E-state index contributed by atoms with van der Waals surface area (Å²) in [6, 6.07) is 9.57. The van der Waals surface area contributed by atoms with E-state index in [9.17, 15) is 26.4 Å². The molecule has 2 N–H and O–H groups in total. The van der Waals surface area contributed by atoms with Crippen molar-refractivity contribution in [3.05, 3.63) is 52.6 Å². The number of piperidine rings is 1. The SMILES string of the molecule is CN(C)Cc1cc(-c2cc3cc(CN4CCCCC4)ccc3[nH]2)c2c(c1OS(=O)(=O)C(F)(F)F)CNC2=O.Cl.Cl. The summed E-state index contributed by atoms with van der Waals surface area (Å²) in [5, 5.41) is 3.54. The fraction of sp³-hybridized carbons (Fsp3) is 0.423. The first-order chi connectivity index (χ1) is 17.9. The lowest BCUT2D eigenvalue weighted by molar-refractivity contribution is -0.0500. The minimum atomic E-state index is -5.93. The molecule has 3 heterocycles. The van der Waals surface area contributed by atoms with E-state index in [-0.39, 0.29) is 54.6 Å². The van der Waals surface area contributed by atoms with E-state index < -0.39 is 27.3 Å². The Bertz CT molecular complexity index is 1500. The summed E-state index contributed by atoms with van der Waals surface area (Å²) in [5.41, 5.74) is -2.11. The van der Waals surface area contributed by atoms with Gasteiger partial charge in [-0.15, -0.1) is 24.8 Å². The number of aromatic nitrogens is 1. The topological polar surface area (TPSA) is 94.7 Å². The number of alkyl halides is 3. The van der Waals surface area contributed by atoms with Crippen molar-refractivity contribution < 1.29 is 30.6 Å². The molecule has 5 rings (SSSR count). The Morgan fingerprint density at radius 2 is 1.75 bits per heavy atom. The van der Waals surface area contributed by atoms with E-state index in [1.165, 1.54) is 30.9 Å². The van der Waals surface area contributed by atoms with Gasteiger partial charge in [0.05, 0.1) is 5.56 Å².